The van der Waals surface area contributed by atoms with E-state index >= 15 is 0 Å². The summed E-state index contributed by atoms with van der Waals surface area (Å²) in [6, 6.07) is 8.02. The highest BCUT2D eigenvalue weighted by Crippen LogP contribution is 2.21. The Hall–Kier alpha value is -2.48. The third kappa shape index (κ3) is 2.55. The van der Waals surface area contributed by atoms with Gasteiger partial charge in [0.25, 0.3) is 0 Å². The molecule has 0 aliphatic carbocycles. The number of ether oxygens (including phenoxy) is 1. The third-order valence-corrected chi connectivity index (χ3v) is 1.98. The van der Waals surface area contributed by atoms with Crippen LogP contribution in [-0.4, -0.2) is 4.98 Å². The number of nitrogens with zero attached hydrogens (tertiary/aromatic N) is 2. The molecule has 2 rings (SSSR count). The number of aromatic nitrogens is 1. The smallest absolute Gasteiger partial charge is 0.219 e. The van der Waals surface area contributed by atoms with Gasteiger partial charge in [-0.15, -0.1) is 0 Å². The molecule has 17 heavy (non-hydrogen) atoms. The molecule has 0 amide bonds. The molecule has 0 spiro atoms. The van der Waals surface area contributed by atoms with Crippen molar-refractivity contribution in [3.8, 4) is 17.7 Å². The van der Waals surface area contributed by atoms with Crippen LogP contribution in [-0.2, 0) is 0 Å². The summed E-state index contributed by atoms with van der Waals surface area (Å²) >= 11 is 0. The zero-order valence-electron chi connectivity index (χ0n) is 8.52. The van der Waals surface area contributed by atoms with Gasteiger partial charge in [0, 0.05) is 12.1 Å². The van der Waals surface area contributed by atoms with Crippen LogP contribution in [0, 0.1) is 23.0 Å². The molecule has 0 atom stereocenters. The molecule has 2 aromatic rings. The summed E-state index contributed by atoms with van der Waals surface area (Å²) in [7, 11) is 0. The second-order valence-corrected chi connectivity index (χ2v) is 3.17. The van der Waals surface area contributed by atoms with Crippen molar-refractivity contribution in [2.24, 2.45) is 0 Å². The van der Waals surface area contributed by atoms with Crippen LogP contribution < -0.4 is 4.74 Å². The first-order valence-corrected chi connectivity index (χ1v) is 4.68. The maximum absolute atomic E-state index is 13.2. The minimum absolute atomic E-state index is 0.0654. The number of hydrogen-bond donors (Lipinski definition) is 0. The van der Waals surface area contributed by atoms with E-state index in [0.29, 0.717) is 0 Å². The Kier molecular flexibility index (Phi) is 2.97. The molecule has 0 aliphatic heterocycles. The maximum atomic E-state index is 13.2. The largest absolute Gasteiger partial charge is 0.439 e. The van der Waals surface area contributed by atoms with E-state index in [2.05, 4.69) is 4.98 Å². The number of halogens is 2. The second-order valence-electron chi connectivity index (χ2n) is 3.17. The lowest BCUT2D eigenvalue weighted by molar-refractivity contribution is 0.454. The molecule has 0 radical (unpaired) electrons. The van der Waals surface area contributed by atoms with Gasteiger partial charge in [-0.1, -0.05) is 0 Å². The van der Waals surface area contributed by atoms with Gasteiger partial charge in [-0.3, -0.25) is 0 Å². The van der Waals surface area contributed by atoms with Crippen molar-refractivity contribution in [3.05, 3.63) is 53.7 Å². The fraction of sp³-hybridized carbons (Fsp3) is 0. The van der Waals surface area contributed by atoms with Gasteiger partial charge in [0.1, 0.15) is 23.5 Å². The highest BCUT2D eigenvalue weighted by molar-refractivity contribution is 5.37. The van der Waals surface area contributed by atoms with Crippen molar-refractivity contribution in [2.45, 2.75) is 0 Å². The zero-order chi connectivity index (χ0) is 12.3. The number of benzene rings is 1. The van der Waals surface area contributed by atoms with Crippen molar-refractivity contribution >= 4 is 0 Å². The predicted octanol–water partition coefficient (Wildman–Crippen LogP) is 3.02. The van der Waals surface area contributed by atoms with Crippen LogP contribution in [0.5, 0.6) is 11.6 Å². The maximum Gasteiger partial charge on any atom is 0.219 e. The first kappa shape index (κ1) is 11.0. The van der Waals surface area contributed by atoms with Gasteiger partial charge in [-0.25, -0.2) is 13.8 Å². The van der Waals surface area contributed by atoms with Crippen LogP contribution in [0.2, 0.25) is 0 Å². The van der Waals surface area contributed by atoms with Gasteiger partial charge < -0.3 is 4.74 Å². The first-order chi connectivity index (χ1) is 8.19. The van der Waals surface area contributed by atoms with E-state index in [-0.39, 0.29) is 17.2 Å². The molecule has 0 unspecified atom stereocenters. The first-order valence-electron chi connectivity index (χ1n) is 4.68. The van der Waals surface area contributed by atoms with Gasteiger partial charge in [-0.2, -0.15) is 5.26 Å². The fourth-order valence-electron chi connectivity index (χ4n) is 1.19. The quantitative estimate of drug-likeness (QED) is 0.799. The van der Waals surface area contributed by atoms with Gasteiger partial charge in [0.05, 0.1) is 11.8 Å². The summed E-state index contributed by atoms with van der Waals surface area (Å²) < 4.78 is 31.0. The van der Waals surface area contributed by atoms with E-state index in [4.69, 9.17) is 10.00 Å². The molecule has 0 saturated carbocycles. The molecule has 3 nitrogen and oxygen atoms in total. The monoisotopic (exact) mass is 232 g/mol. The molecule has 0 N–H and O–H groups in total. The van der Waals surface area contributed by atoms with Crippen LogP contribution in [0.1, 0.15) is 5.56 Å². The van der Waals surface area contributed by atoms with Gasteiger partial charge in [0.15, 0.2) is 0 Å². The van der Waals surface area contributed by atoms with Crippen molar-refractivity contribution in [3.63, 3.8) is 0 Å². The summed E-state index contributed by atoms with van der Waals surface area (Å²) in [4.78, 5) is 3.66. The summed E-state index contributed by atoms with van der Waals surface area (Å²) in [5, 5.41) is 8.54. The van der Waals surface area contributed by atoms with Crippen molar-refractivity contribution in [2.75, 3.05) is 0 Å². The Morgan fingerprint density at radius 3 is 2.59 bits per heavy atom. The topological polar surface area (TPSA) is 45.9 Å². The van der Waals surface area contributed by atoms with Gasteiger partial charge >= 0.3 is 0 Å². The summed E-state index contributed by atoms with van der Waals surface area (Å²) in [6.45, 7) is 0. The standard InChI is InChI=1S/C12H6F2N2O/c13-9-2-4-12(16-7-9)17-10-3-1-8(6-15)11(14)5-10/h1-5,7H. The second kappa shape index (κ2) is 4.58. The molecule has 0 fully saturated rings. The van der Waals surface area contributed by atoms with Crippen molar-refractivity contribution in [1.82, 2.24) is 4.98 Å². The minimum Gasteiger partial charge on any atom is -0.439 e. The van der Waals surface area contributed by atoms with E-state index in [1.54, 1.807) is 6.07 Å². The van der Waals surface area contributed by atoms with Gasteiger partial charge in [-0.05, 0) is 18.2 Å². The van der Waals surface area contributed by atoms with E-state index in [1.807, 2.05) is 0 Å². The average molecular weight is 232 g/mol. The summed E-state index contributed by atoms with van der Waals surface area (Å²) in [5.74, 6) is -0.813. The van der Waals surface area contributed by atoms with E-state index in [0.717, 1.165) is 12.3 Å². The van der Waals surface area contributed by atoms with Crippen molar-refractivity contribution < 1.29 is 13.5 Å². The van der Waals surface area contributed by atoms with Crippen LogP contribution in [0.25, 0.3) is 0 Å². The lowest BCUT2D eigenvalue weighted by atomic mass is 10.2. The highest BCUT2D eigenvalue weighted by Gasteiger charge is 2.05. The Bertz CT molecular complexity index is 576. The lowest BCUT2D eigenvalue weighted by Gasteiger charge is -2.04. The van der Waals surface area contributed by atoms with Crippen LogP contribution in [0.4, 0.5) is 8.78 Å². The Morgan fingerprint density at radius 2 is 2.00 bits per heavy atom. The lowest BCUT2D eigenvalue weighted by Crippen LogP contribution is -1.90. The number of rotatable bonds is 2. The molecule has 1 aromatic heterocycles. The summed E-state index contributed by atoms with van der Waals surface area (Å²) in [6.07, 6.45) is 0.995. The van der Waals surface area contributed by atoms with E-state index in [9.17, 15) is 8.78 Å². The molecule has 0 saturated heterocycles. The minimum atomic E-state index is -0.674. The average Bonchev–Trinajstić information content (AvgIpc) is 2.32. The van der Waals surface area contributed by atoms with Gasteiger partial charge in [0.2, 0.25) is 5.88 Å². The number of nitriles is 1. The van der Waals surface area contributed by atoms with E-state index in [1.165, 1.54) is 24.3 Å². The Labute approximate surface area is 95.9 Å². The molecule has 5 heteroatoms. The van der Waals surface area contributed by atoms with Crippen LogP contribution in [0.3, 0.4) is 0 Å². The molecule has 84 valence electrons. The van der Waals surface area contributed by atoms with Crippen LogP contribution >= 0.6 is 0 Å². The highest BCUT2D eigenvalue weighted by atomic mass is 19.1. The third-order valence-electron chi connectivity index (χ3n) is 1.98. The predicted molar refractivity (Wildman–Crippen MR) is 55.4 cm³/mol. The molecule has 0 aliphatic rings. The number of pyridine rings is 1. The molecular weight excluding hydrogens is 226 g/mol. The summed E-state index contributed by atoms with van der Waals surface area (Å²) in [5.41, 5.74) is -0.0654. The zero-order valence-corrected chi connectivity index (χ0v) is 8.52. The molecule has 1 aromatic carbocycles. The molecular formula is C12H6F2N2O. The fourth-order valence-corrected chi connectivity index (χ4v) is 1.19. The SMILES string of the molecule is N#Cc1ccc(Oc2ccc(F)cn2)cc1F. The van der Waals surface area contributed by atoms with E-state index < -0.39 is 11.6 Å². The Morgan fingerprint density at radius 1 is 1.18 bits per heavy atom. The molecule has 0 bridgehead atoms. The van der Waals surface area contributed by atoms with Crippen LogP contribution in [0.15, 0.2) is 36.5 Å². The number of hydrogen-bond acceptors (Lipinski definition) is 3. The van der Waals surface area contributed by atoms with Crippen molar-refractivity contribution in [1.29, 1.82) is 5.26 Å². The molecule has 1 heterocycles. The normalized spacial score (nSPS) is 9.71. The Balaban J connectivity index is 2.22.